The third kappa shape index (κ3) is 3.60. The molecule has 3 aromatic heterocycles. The van der Waals surface area contributed by atoms with Crippen LogP contribution >= 0.6 is 11.3 Å². The third-order valence-corrected chi connectivity index (χ3v) is 6.10. The highest BCUT2D eigenvalue weighted by Gasteiger charge is 2.33. The van der Waals surface area contributed by atoms with Crippen molar-refractivity contribution in [2.75, 3.05) is 18.0 Å². The van der Waals surface area contributed by atoms with Crippen molar-refractivity contribution in [3.63, 3.8) is 0 Å². The normalized spacial score (nSPS) is 16.1. The molecule has 1 saturated heterocycles. The predicted molar refractivity (Wildman–Crippen MR) is 101 cm³/mol. The maximum absolute atomic E-state index is 12.9. The summed E-state index contributed by atoms with van der Waals surface area (Å²) in [6.07, 6.45) is -1.49. The van der Waals surface area contributed by atoms with Crippen LogP contribution in [0.3, 0.4) is 0 Å². The zero-order chi connectivity index (χ0) is 19.9. The van der Waals surface area contributed by atoms with Crippen molar-refractivity contribution in [2.24, 2.45) is 5.92 Å². The van der Waals surface area contributed by atoms with Gasteiger partial charge >= 0.3 is 6.18 Å². The number of piperidine rings is 1. The first kappa shape index (κ1) is 18.9. The number of anilines is 1. The van der Waals surface area contributed by atoms with E-state index >= 15 is 0 Å². The van der Waals surface area contributed by atoms with Gasteiger partial charge in [-0.1, -0.05) is 0 Å². The molecular formula is C18H18F3N5OS. The third-order valence-electron chi connectivity index (χ3n) is 5.01. The van der Waals surface area contributed by atoms with Gasteiger partial charge in [-0.2, -0.15) is 18.3 Å². The van der Waals surface area contributed by atoms with Crippen LogP contribution in [0.1, 0.15) is 24.1 Å². The molecule has 1 aliphatic rings. The van der Waals surface area contributed by atoms with Gasteiger partial charge in [0.2, 0.25) is 0 Å². The number of aryl methyl sites for hydroxylation is 1. The van der Waals surface area contributed by atoms with Crippen molar-refractivity contribution in [1.29, 1.82) is 0 Å². The Morgan fingerprint density at radius 1 is 1.21 bits per heavy atom. The summed E-state index contributed by atoms with van der Waals surface area (Å²) in [7, 11) is 0. The van der Waals surface area contributed by atoms with Crippen LogP contribution in [0.2, 0.25) is 0 Å². The average molecular weight is 409 g/mol. The van der Waals surface area contributed by atoms with Gasteiger partial charge in [0.25, 0.3) is 5.56 Å². The number of nitrogens with zero attached hydrogens (tertiary/aromatic N) is 5. The summed E-state index contributed by atoms with van der Waals surface area (Å²) >= 11 is 1.61. The van der Waals surface area contributed by atoms with Crippen LogP contribution in [-0.2, 0) is 12.7 Å². The molecule has 0 spiro atoms. The molecule has 6 nitrogen and oxygen atoms in total. The standard InChI is InChI=1S/C18H18F3N5OS/c1-11-9-28-16-15(11)22-10-23-17(16)25-6-4-12(5-7-25)8-26-14(27)3-2-13(24-26)18(19,20)21/h2-3,9-10,12H,4-8H2,1H3. The second kappa shape index (κ2) is 7.16. The Kier molecular flexibility index (Phi) is 4.82. The highest BCUT2D eigenvalue weighted by Crippen LogP contribution is 2.33. The van der Waals surface area contributed by atoms with E-state index in [1.165, 1.54) is 0 Å². The van der Waals surface area contributed by atoms with Crippen LogP contribution in [0.4, 0.5) is 19.0 Å². The number of thiophene rings is 1. The SMILES string of the molecule is Cc1csc2c(N3CCC(Cn4nc(C(F)(F)F)ccc4=O)CC3)ncnc12. The zero-order valence-corrected chi connectivity index (χ0v) is 15.9. The molecule has 0 aromatic carbocycles. The van der Waals surface area contributed by atoms with E-state index in [-0.39, 0.29) is 12.5 Å². The number of hydrogen-bond donors (Lipinski definition) is 0. The van der Waals surface area contributed by atoms with Crippen molar-refractivity contribution >= 4 is 27.4 Å². The molecule has 1 fully saturated rings. The molecule has 0 unspecified atom stereocenters. The molecule has 0 bridgehead atoms. The van der Waals surface area contributed by atoms with Crippen LogP contribution in [0, 0.1) is 12.8 Å². The van der Waals surface area contributed by atoms with E-state index in [0.29, 0.717) is 0 Å². The zero-order valence-electron chi connectivity index (χ0n) is 15.1. The van der Waals surface area contributed by atoms with Crippen LogP contribution in [0.25, 0.3) is 10.2 Å². The van der Waals surface area contributed by atoms with E-state index in [0.717, 1.165) is 64.3 Å². The largest absolute Gasteiger partial charge is 0.435 e. The monoisotopic (exact) mass is 409 g/mol. The highest BCUT2D eigenvalue weighted by atomic mass is 32.1. The summed E-state index contributed by atoms with van der Waals surface area (Å²) < 4.78 is 40.5. The Labute approximate surface area is 162 Å². The van der Waals surface area contributed by atoms with Gasteiger partial charge in [-0.15, -0.1) is 11.3 Å². The van der Waals surface area contributed by atoms with Crippen LogP contribution in [0.5, 0.6) is 0 Å². The first-order valence-corrected chi connectivity index (χ1v) is 9.80. The summed E-state index contributed by atoms with van der Waals surface area (Å²) in [6, 6.07) is 1.66. The van der Waals surface area contributed by atoms with E-state index in [9.17, 15) is 18.0 Å². The van der Waals surface area contributed by atoms with Gasteiger partial charge in [0.15, 0.2) is 5.69 Å². The minimum Gasteiger partial charge on any atom is -0.355 e. The van der Waals surface area contributed by atoms with Crippen molar-refractivity contribution < 1.29 is 13.2 Å². The smallest absolute Gasteiger partial charge is 0.355 e. The van der Waals surface area contributed by atoms with E-state index in [1.54, 1.807) is 17.7 Å². The van der Waals surface area contributed by atoms with Gasteiger partial charge in [0, 0.05) is 25.7 Å². The molecule has 148 valence electrons. The van der Waals surface area contributed by atoms with Crippen molar-refractivity contribution in [1.82, 2.24) is 19.7 Å². The summed E-state index contributed by atoms with van der Waals surface area (Å²) in [5.41, 5.74) is 0.522. The Morgan fingerprint density at radius 2 is 1.96 bits per heavy atom. The average Bonchev–Trinajstić information content (AvgIpc) is 3.05. The number of fused-ring (bicyclic) bond motifs is 1. The quantitative estimate of drug-likeness (QED) is 0.663. The number of aromatic nitrogens is 4. The highest BCUT2D eigenvalue weighted by molar-refractivity contribution is 7.18. The molecule has 0 amide bonds. The topological polar surface area (TPSA) is 63.9 Å². The van der Waals surface area contributed by atoms with Gasteiger partial charge in [0.1, 0.15) is 12.1 Å². The summed E-state index contributed by atoms with van der Waals surface area (Å²) in [5.74, 6) is 0.989. The lowest BCUT2D eigenvalue weighted by Gasteiger charge is -2.33. The number of rotatable bonds is 3. The molecule has 3 aromatic rings. The molecule has 10 heteroatoms. The summed E-state index contributed by atoms with van der Waals surface area (Å²) in [4.78, 5) is 22.9. The van der Waals surface area contributed by atoms with E-state index in [1.807, 2.05) is 6.92 Å². The van der Waals surface area contributed by atoms with Crippen LogP contribution < -0.4 is 10.5 Å². The molecule has 0 N–H and O–H groups in total. The maximum Gasteiger partial charge on any atom is 0.435 e. The lowest BCUT2D eigenvalue weighted by Crippen LogP contribution is -2.37. The Hall–Kier alpha value is -2.49. The minimum absolute atomic E-state index is 0.0901. The number of halogens is 3. The number of alkyl halides is 3. The van der Waals surface area contributed by atoms with Crippen molar-refractivity contribution in [3.8, 4) is 0 Å². The summed E-state index contributed by atoms with van der Waals surface area (Å²) in [6.45, 7) is 3.65. The molecule has 4 heterocycles. The van der Waals surface area contributed by atoms with Gasteiger partial charge < -0.3 is 4.90 Å². The van der Waals surface area contributed by atoms with Crippen molar-refractivity contribution in [3.05, 3.63) is 45.5 Å². The summed E-state index contributed by atoms with van der Waals surface area (Å²) in [5, 5.41) is 5.56. The number of hydrogen-bond acceptors (Lipinski definition) is 6. The minimum atomic E-state index is -4.56. The lowest BCUT2D eigenvalue weighted by molar-refractivity contribution is -0.142. The predicted octanol–water partition coefficient (Wildman–Crippen LogP) is 3.49. The molecule has 0 saturated carbocycles. The van der Waals surface area contributed by atoms with Gasteiger partial charge in [-0.3, -0.25) is 4.79 Å². The Bertz CT molecular complexity index is 1050. The Balaban J connectivity index is 1.47. The molecule has 1 aliphatic heterocycles. The van der Waals surface area contributed by atoms with E-state index in [4.69, 9.17) is 0 Å². The fourth-order valence-corrected chi connectivity index (χ4v) is 4.50. The molecule has 28 heavy (non-hydrogen) atoms. The molecule has 0 aliphatic carbocycles. The molecule has 0 radical (unpaired) electrons. The van der Waals surface area contributed by atoms with E-state index in [2.05, 4.69) is 25.3 Å². The van der Waals surface area contributed by atoms with Gasteiger partial charge in [-0.25, -0.2) is 14.6 Å². The molecule has 4 rings (SSSR count). The fourth-order valence-electron chi connectivity index (χ4n) is 3.49. The second-order valence-electron chi connectivity index (χ2n) is 6.96. The Morgan fingerprint density at radius 3 is 2.68 bits per heavy atom. The van der Waals surface area contributed by atoms with Gasteiger partial charge in [-0.05, 0) is 42.7 Å². The molecular weight excluding hydrogens is 391 g/mol. The first-order chi connectivity index (χ1) is 13.3. The van der Waals surface area contributed by atoms with E-state index < -0.39 is 17.4 Å². The molecule has 0 atom stereocenters. The first-order valence-electron chi connectivity index (χ1n) is 8.92. The van der Waals surface area contributed by atoms with Crippen LogP contribution in [-0.4, -0.2) is 32.8 Å². The van der Waals surface area contributed by atoms with Crippen LogP contribution in [0.15, 0.2) is 28.6 Å². The van der Waals surface area contributed by atoms with Crippen molar-refractivity contribution in [2.45, 2.75) is 32.5 Å². The maximum atomic E-state index is 12.9. The fraction of sp³-hybridized carbons (Fsp3) is 0.444. The second-order valence-corrected chi connectivity index (χ2v) is 7.84. The van der Waals surface area contributed by atoms with Gasteiger partial charge in [0.05, 0.1) is 10.2 Å². The lowest BCUT2D eigenvalue weighted by atomic mass is 9.97.